The molecule has 10 atom stereocenters. The van der Waals surface area contributed by atoms with Gasteiger partial charge in [-0.25, -0.2) is 4.79 Å². The first-order chi connectivity index (χ1) is 24.3. The van der Waals surface area contributed by atoms with Crippen molar-refractivity contribution in [3.63, 3.8) is 0 Å². The molecule has 0 aromatic heterocycles. The lowest BCUT2D eigenvalue weighted by Gasteiger charge is -2.40. The fourth-order valence-electron chi connectivity index (χ4n) is 6.92. The van der Waals surface area contributed by atoms with Gasteiger partial charge in [0.2, 0.25) is 6.29 Å². The average molecular weight is 707 g/mol. The maximum Gasteiger partial charge on any atom is 0.335 e. The van der Waals surface area contributed by atoms with Crippen molar-refractivity contribution < 1.29 is 74.8 Å². The third kappa shape index (κ3) is 6.09. The van der Waals surface area contributed by atoms with Crippen molar-refractivity contribution in [1.82, 2.24) is 0 Å². The largest absolute Gasteiger partial charge is 0.508 e. The summed E-state index contributed by atoms with van der Waals surface area (Å²) in [6.07, 6.45) is -14.4. The van der Waals surface area contributed by atoms with Crippen molar-refractivity contribution in [3.05, 3.63) is 101 Å². The number of rotatable bonds is 6. The van der Waals surface area contributed by atoms with Crippen LogP contribution >= 0.6 is 0 Å². The fraction of sp³-hybridized carbons (Fsp3) is 0.306. The van der Waals surface area contributed by atoms with Crippen LogP contribution in [0.2, 0.25) is 0 Å². The summed E-state index contributed by atoms with van der Waals surface area (Å²) in [4.78, 5) is 11.6. The number of carboxylic acids is 1. The van der Waals surface area contributed by atoms with Crippen LogP contribution in [0.15, 0.2) is 72.8 Å². The van der Waals surface area contributed by atoms with Crippen LogP contribution in [0.4, 0.5) is 0 Å². The molecular formula is C36H34O15. The van der Waals surface area contributed by atoms with Crippen LogP contribution in [0.1, 0.15) is 45.9 Å². The van der Waals surface area contributed by atoms with E-state index in [1.165, 1.54) is 48.5 Å². The highest BCUT2D eigenvalue weighted by Crippen LogP contribution is 2.55. The van der Waals surface area contributed by atoms with Crippen LogP contribution < -0.4 is 14.2 Å². The molecule has 3 aliphatic rings. The lowest BCUT2D eigenvalue weighted by atomic mass is 9.78. The van der Waals surface area contributed by atoms with Gasteiger partial charge in [0.1, 0.15) is 70.8 Å². The van der Waals surface area contributed by atoms with E-state index in [2.05, 4.69) is 0 Å². The predicted octanol–water partition coefficient (Wildman–Crippen LogP) is 1.44. The maximum atomic E-state index is 12.0. The number of benzene rings is 4. The Morgan fingerprint density at radius 2 is 1.37 bits per heavy atom. The van der Waals surface area contributed by atoms with Crippen molar-refractivity contribution in [1.29, 1.82) is 0 Å². The molecule has 1 saturated heterocycles. The van der Waals surface area contributed by atoms with E-state index in [0.717, 1.165) is 6.07 Å². The monoisotopic (exact) mass is 706 g/mol. The molecule has 51 heavy (non-hydrogen) atoms. The van der Waals surface area contributed by atoms with Crippen LogP contribution in [0.25, 0.3) is 0 Å². The fourth-order valence-corrected chi connectivity index (χ4v) is 6.92. The number of aromatic hydroxyl groups is 4. The SMILES string of the molecule is O=C(O)C1OC(Oc2ccc3c(c2)OC(c2cccc(O)c2)C(O)C3c2c(O)cc(O)c3c2OC(c2cccc(O)c2)C(O)C3)C(O)C(O)C1O. The third-order valence-electron chi connectivity index (χ3n) is 9.38. The molecule has 1 fully saturated rings. The highest BCUT2D eigenvalue weighted by atomic mass is 16.7. The normalized spacial score (nSPS) is 29.9. The summed E-state index contributed by atoms with van der Waals surface area (Å²) in [5.74, 6) is -3.80. The first-order valence-electron chi connectivity index (χ1n) is 15.9. The number of carbonyl (C=O) groups is 1. The molecule has 268 valence electrons. The Bertz CT molecular complexity index is 1970. The number of aliphatic carboxylic acids is 1. The number of carboxylic acid groups (broad SMARTS) is 1. The summed E-state index contributed by atoms with van der Waals surface area (Å²) in [6.45, 7) is 0. The smallest absolute Gasteiger partial charge is 0.335 e. The Kier molecular flexibility index (Phi) is 8.79. The summed E-state index contributed by atoms with van der Waals surface area (Å²) in [6, 6.07) is 17.2. The number of phenols is 4. The Labute approximate surface area is 289 Å². The first-order valence-corrected chi connectivity index (χ1v) is 15.9. The Balaban J connectivity index is 1.33. The van der Waals surface area contributed by atoms with E-state index in [0.29, 0.717) is 11.1 Å². The van der Waals surface area contributed by atoms with E-state index >= 15 is 0 Å². The standard InChI is InChI=1S/C36H34O15/c37-16-5-1-3-14(9-16)31-23(41)12-20-21(39)13-22(40)26(33(20)50-31)25-19-8-7-18(48-36-30(45)28(43)29(44)34(51-36)35(46)47)11-24(19)49-32(27(25)42)15-4-2-6-17(38)10-15/h1-11,13,23,25,27-32,34,36-45H,12H2,(H,46,47). The average Bonchev–Trinajstić information content (AvgIpc) is 3.09. The van der Waals surface area contributed by atoms with Crippen LogP contribution in [0, 0.1) is 0 Å². The van der Waals surface area contributed by atoms with Gasteiger partial charge in [0, 0.05) is 41.2 Å². The van der Waals surface area contributed by atoms with Gasteiger partial charge in [0.15, 0.2) is 12.2 Å². The minimum Gasteiger partial charge on any atom is -0.508 e. The molecule has 0 saturated carbocycles. The zero-order valence-electron chi connectivity index (χ0n) is 26.4. The number of ether oxygens (including phenoxy) is 4. The zero-order valence-corrected chi connectivity index (χ0v) is 26.4. The molecule has 3 aliphatic heterocycles. The van der Waals surface area contributed by atoms with Gasteiger partial charge in [0.25, 0.3) is 0 Å². The number of fused-ring (bicyclic) bond motifs is 2. The highest BCUT2D eigenvalue weighted by Gasteiger charge is 2.49. The van der Waals surface area contributed by atoms with E-state index in [-0.39, 0.29) is 57.6 Å². The first kappa shape index (κ1) is 34.2. The number of hydrogen-bond donors (Lipinski definition) is 10. The van der Waals surface area contributed by atoms with Crippen molar-refractivity contribution >= 4 is 5.97 Å². The minimum atomic E-state index is -1.94. The molecule has 3 heterocycles. The Morgan fingerprint density at radius 1 is 0.706 bits per heavy atom. The van der Waals surface area contributed by atoms with Gasteiger partial charge in [-0.05, 0) is 41.5 Å². The van der Waals surface area contributed by atoms with E-state index in [4.69, 9.17) is 18.9 Å². The van der Waals surface area contributed by atoms with Crippen LogP contribution in [-0.4, -0.2) is 99.9 Å². The summed E-state index contributed by atoms with van der Waals surface area (Å²) < 4.78 is 23.5. The van der Waals surface area contributed by atoms with Crippen molar-refractivity contribution in [2.45, 2.75) is 67.5 Å². The Hall–Kier alpha value is -5.29. The molecule has 0 bridgehead atoms. The molecule has 4 aromatic carbocycles. The van der Waals surface area contributed by atoms with Crippen molar-refractivity contribution in [3.8, 4) is 40.2 Å². The van der Waals surface area contributed by atoms with E-state index in [1.54, 1.807) is 18.2 Å². The molecule has 15 nitrogen and oxygen atoms in total. The van der Waals surface area contributed by atoms with Gasteiger partial charge in [-0.2, -0.15) is 0 Å². The second-order valence-electron chi connectivity index (χ2n) is 12.7. The molecule has 10 unspecified atom stereocenters. The van der Waals surface area contributed by atoms with Gasteiger partial charge >= 0.3 is 5.97 Å². The number of aliphatic hydroxyl groups excluding tert-OH is 5. The molecule has 7 rings (SSSR count). The second-order valence-corrected chi connectivity index (χ2v) is 12.7. The molecular weight excluding hydrogens is 672 g/mol. The van der Waals surface area contributed by atoms with Crippen LogP contribution in [-0.2, 0) is 16.0 Å². The topological polar surface area (TPSA) is 256 Å². The molecule has 0 aliphatic carbocycles. The zero-order chi connectivity index (χ0) is 36.3. The third-order valence-corrected chi connectivity index (χ3v) is 9.38. The molecule has 4 aromatic rings. The van der Waals surface area contributed by atoms with Gasteiger partial charge in [-0.3, -0.25) is 0 Å². The quantitative estimate of drug-likeness (QED) is 0.136. The van der Waals surface area contributed by atoms with Gasteiger partial charge in [-0.1, -0.05) is 30.3 Å². The van der Waals surface area contributed by atoms with Crippen LogP contribution in [0.5, 0.6) is 40.2 Å². The van der Waals surface area contributed by atoms with E-state index in [1.807, 2.05) is 0 Å². The summed E-state index contributed by atoms with van der Waals surface area (Å²) in [7, 11) is 0. The maximum absolute atomic E-state index is 12.0. The van der Waals surface area contributed by atoms with Crippen LogP contribution in [0.3, 0.4) is 0 Å². The van der Waals surface area contributed by atoms with Gasteiger partial charge in [-0.15, -0.1) is 0 Å². The molecule has 0 spiro atoms. The summed E-state index contributed by atoms with van der Waals surface area (Å²) >= 11 is 0. The lowest BCUT2D eigenvalue weighted by molar-refractivity contribution is -0.271. The molecule has 15 heteroatoms. The van der Waals surface area contributed by atoms with Crippen molar-refractivity contribution in [2.24, 2.45) is 0 Å². The number of phenolic OH excluding ortho intramolecular Hbond substituents is 4. The van der Waals surface area contributed by atoms with Gasteiger partial charge in [0.05, 0.1) is 6.10 Å². The highest BCUT2D eigenvalue weighted by molar-refractivity contribution is 5.73. The number of aliphatic hydroxyl groups is 5. The predicted molar refractivity (Wildman–Crippen MR) is 172 cm³/mol. The number of hydrogen-bond acceptors (Lipinski definition) is 14. The molecule has 0 radical (unpaired) electrons. The van der Waals surface area contributed by atoms with E-state index < -0.39 is 72.8 Å². The Morgan fingerprint density at radius 3 is 2.02 bits per heavy atom. The van der Waals surface area contributed by atoms with Crippen molar-refractivity contribution in [2.75, 3.05) is 0 Å². The second kappa shape index (κ2) is 13.1. The minimum absolute atomic E-state index is 0.0241. The van der Waals surface area contributed by atoms with Gasteiger partial charge < -0.3 is 70.0 Å². The lowest BCUT2D eigenvalue weighted by Crippen LogP contribution is -2.61. The summed E-state index contributed by atoms with van der Waals surface area (Å²) in [5.41, 5.74) is 1.20. The summed E-state index contributed by atoms with van der Waals surface area (Å²) in [5, 5.41) is 106. The molecule has 10 N–H and O–H groups in total. The molecule has 0 amide bonds. The van der Waals surface area contributed by atoms with E-state index in [9.17, 15) is 55.9 Å².